The van der Waals surface area contributed by atoms with Crippen molar-refractivity contribution in [1.29, 1.82) is 0 Å². The summed E-state index contributed by atoms with van der Waals surface area (Å²) in [7, 11) is 0. The van der Waals surface area contributed by atoms with Gasteiger partial charge in [-0.1, -0.05) is 30.3 Å². The van der Waals surface area contributed by atoms with Crippen LogP contribution in [0.1, 0.15) is 11.1 Å². The second-order valence-electron chi connectivity index (χ2n) is 4.41. The lowest BCUT2D eigenvalue weighted by Crippen LogP contribution is -2.03. The smallest absolute Gasteiger partial charge is 0.274 e. The van der Waals surface area contributed by atoms with E-state index < -0.39 is 0 Å². The molecule has 2 aromatic rings. The van der Waals surface area contributed by atoms with Gasteiger partial charge in [0.15, 0.2) is 0 Å². The zero-order chi connectivity index (χ0) is 14.4. The molecule has 0 aromatic heterocycles. The van der Waals surface area contributed by atoms with Gasteiger partial charge in [-0.25, -0.2) is 0 Å². The van der Waals surface area contributed by atoms with Gasteiger partial charge in [-0.2, -0.15) is 0 Å². The quantitative estimate of drug-likeness (QED) is 0.626. The number of aliphatic hydroxyl groups is 1. The SMILES string of the molecule is O=[N+]([O-])c1ccccc1CNc1ccc(CCO)cc1. The molecule has 2 aromatic carbocycles. The molecule has 0 amide bonds. The Bertz CT molecular complexity index is 582. The third kappa shape index (κ3) is 3.55. The number of rotatable bonds is 6. The molecule has 2 N–H and O–H groups in total. The Morgan fingerprint density at radius 2 is 1.80 bits per heavy atom. The minimum absolute atomic E-state index is 0.122. The summed E-state index contributed by atoms with van der Waals surface area (Å²) in [5.74, 6) is 0. The maximum Gasteiger partial charge on any atom is 0.274 e. The molecule has 0 saturated heterocycles. The van der Waals surface area contributed by atoms with Gasteiger partial charge in [0.2, 0.25) is 0 Å². The fraction of sp³-hybridized carbons (Fsp3) is 0.200. The standard InChI is InChI=1S/C15H16N2O3/c18-10-9-12-5-7-14(8-6-12)16-11-13-3-1-2-4-15(13)17(19)20/h1-8,16,18H,9-11H2. The van der Waals surface area contributed by atoms with Gasteiger partial charge in [0.1, 0.15) is 0 Å². The minimum atomic E-state index is -0.374. The van der Waals surface area contributed by atoms with Crippen molar-refractivity contribution in [1.82, 2.24) is 0 Å². The van der Waals surface area contributed by atoms with Crippen LogP contribution in [0.5, 0.6) is 0 Å². The molecule has 0 atom stereocenters. The molecular weight excluding hydrogens is 256 g/mol. The summed E-state index contributed by atoms with van der Waals surface area (Å²) >= 11 is 0. The minimum Gasteiger partial charge on any atom is -0.396 e. The van der Waals surface area contributed by atoms with Crippen LogP contribution < -0.4 is 5.32 Å². The Hall–Kier alpha value is -2.40. The normalized spacial score (nSPS) is 10.2. The maximum absolute atomic E-state index is 10.9. The summed E-state index contributed by atoms with van der Waals surface area (Å²) in [5, 5.41) is 22.9. The fourth-order valence-corrected chi connectivity index (χ4v) is 1.95. The number of para-hydroxylation sites is 1. The van der Waals surface area contributed by atoms with Crippen LogP contribution in [0, 0.1) is 10.1 Å². The van der Waals surface area contributed by atoms with Gasteiger partial charge in [-0.3, -0.25) is 10.1 Å². The molecule has 0 saturated carbocycles. The summed E-state index contributed by atoms with van der Waals surface area (Å²) in [5.41, 5.74) is 2.72. The molecule has 20 heavy (non-hydrogen) atoms. The zero-order valence-electron chi connectivity index (χ0n) is 11.0. The molecule has 0 aliphatic carbocycles. The molecule has 0 fully saturated rings. The van der Waals surface area contributed by atoms with E-state index in [0.717, 1.165) is 11.3 Å². The molecule has 0 radical (unpaired) electrons. The van der Waals surface area contributed by atoms with Crippen molar-refractivity contribution in [3.63, 3.8) is 0 Å². The lowest BCUT2D eigenvalue weighted by Gasteiger charge is -2.08. The van der Waals surface area contributed by atoms with E-state index in [4.69, 9.17) is 5.11 Å². The molecule has 0 heterocycles. The molecule has 2 rings (SSSR count). The second-order valence-corrected chi connectivity index (χ2v) is 4.41. The summed E-state index contributed by atoms with van der Waals surface area (Å²) < 4.78 is 0. The number of hydrogen-bond donors (Lipinski definition) is 2. The monoisotopic (exact) mass is 272 g/mol. The maximum atomic E-state index is 10.9. The highest BCUT2D eigenvalue weighted by Gasteiger charge is 2.11. The Morgan fingerprint density at radius 1 is 1.10 bits per heavy atom. The van der Waals surface area contributed by atoms with Crippen LogP contribution in [0.4, 0.5) is 11.4 Å². The summed E-state index contributed by atoms with van der Waals surface area (Å²) in [4.78, 5) is 10.5. The van der Waals surface area contributed by atoms with Crippen molar-refractivity contribution < 1.29 is 10.0 Å². The molecule has 0 bridgehead atoms. The van der Waals surface area contributed by atoms with E-state index in [2.05, 4.69) is 5.32 Å². The van der Waals surface area contributed by atoms with E-state index in [-0.39, 0.29) is 17.2 Å². The zero-order valence-corrected chi connectivity index (χ0v) is 11.0. The van der Waals surface area contributed by atoms with Crippen molar-refractivity contribution in [2.75, 3.05) is 11.9 Å². The average molecular weight is 272 g/mol. The highest BCUT2D eigenvalue weighted by atomic mass is 16.6. The van der Waals surface area contributed by atoms with Gasteiger partial charge in [-0.15, -0.1) is 0 Å². The molecule has 104 valence electrons. The number of nitro groups is 1. The van der Waals surface area contributed by atoms with Crippen molar-refractivity contribution in [3.05, 3.63) is 69.8 Å². The van der Waals surface area contributed by atoms with Crippen molar-refractivity contribution in [2.45, 2.75) is 13.0 Å². The number of aliphatic hydroxyl groups excluding tert-OH is 1. The van der Waals surface area contributed by atoms with Gasteiger partial charge in [0.05, 0.1) is 4.92 Å². The van der Waals surface area contributed by atoms with E-state index in [0.29, 0.717) is 18.5 Å². The number of nitrogens with one attached hydrogen (secondary N) is 1. The molecule has 0 spiro atoms. The third-order valence-corrected chi connectivity index (χ3v) is 3.03. The first-order valence-electron chi connectivity index (χ1n) is 6.36. The number of benzene rings is 2. The topological polar surface area (TPSA) is 75.4 Å². The Labute approximate surface area is 117 Å². The van der Waals surface area contributed by atoms with Gasteiger partial charge in [0.25, 0.3) is 5.69 Å². The third-order valence-electron chi connectivity index (χ3n) is 3.03. The average Bonchev–Trinajstić information content (AvgIpc) is 2.47. The van der Waals surface area contributed by atoms with Gasteiger partial charge >= 0.3 is 0 Å². The van der Waals surface area contributed by atoms with Gasteiger partial charge in [-0.05, 0) is 24.1 Å². The fourth-order valence-electron chi connectivity index (χ4n) is 1.95. The molecule has 0 aliphatic heterocycles. The Balaban J connectivity index is 2.03. The summed E-state index contributed by atoms with van der Waals surface area (Å²) in [6.07, 6.45) is 0.629. The van der Waals surface area contributed by atoms with Crippen LogP contribution in [0.15, 0.2) is 48.5 Å². The van der Waals surface area contributed by atoms with Crippen LogP contribution in [0.2, 0.25) is 0 Å². The Kier molecular flexibility index (Phi) is 4.68. The van der Waals surface area contributed by atoms with E-state index in [1.807, 2.05) is 24.3 Å². The number of nitro benzene ring substituents is 1. The van der Waals surface area contributed by atoms with Crippen molar-refractivity contribution >= 4 is 11.4 Å². The first kappa shape index (κ1) is 14.0. The molecule has 0 unspecified atom stereocenters. The summed E-state index contributed by atoms with van der Waals surface area (Å²) in [6.45, 7) is 0.527. The molecule has 5 nitrogen and oxygen atoms in total. The molecule has 0 aliphatic rings. The van der Waals surface area contributed by atoms with Crippen LogP contribution in [-0.2, 0) is 13.0 Å². The highest BCUT2D eigenvalue weighted by molar-refractivity contribution is 5.48. The van der Waals surface area contributed by atoms with Crippen LogP contribution in [0.3, 0.4) is 0 Å². The highest BCUT2D eigenvalue weighted by Crippen LogP contribution is 2.19. The van der Waals surface area contributed by atoms with Crippen LogP contribution in [-0.4, -0.2) is 16.6 Å². The van der Waals surface area contributed by atoms with E-state index >= 15 is 0 Å². The lowest BCUT2D eigenvalue weighted by atomic mass is 10.1. The first-order valence-corrected chi connectivity index (χ1v) is 6.36. The van der Waals surface area contributed by atoms with E-state index in [9.17, 15) is 10.1 Å². The van der Waals surface area contributed by atoms with Gasteiger partial charge < -0.3 is 10.4 Å². The number of anilines is 1. The van der Waals surface area contributed by atoms with Gasteiger partial charge in [0, 0.05) is 30.5 Å². The second kappa shape index (κ2) is 6.68. The predicted molar refractivity (Wildman–Crippen MR) is 77.7 cm³/mol. The van der Waals surface area contributed by atoms with E-state index in [1.54, 1.807) is 18.2 Å². The number of nitrogens with zero attached hydrogens (tertiary/aromatic N) is 1. The predicted octanol–water partition coefficient (Wildman–Crippen LogP) is 2.74. The van der Waals surface area contributed by atoms with Crippen molar-refractivity contribution in [3.8, 4) is 0 Å². The lowest BCUT2D eigenvalue weighted by molar-refractivity contribution is -0.385. The molecular formula is C15H16N2O3. The van der Waals surface area contributed by atoms with Crippen LogP contribution >= 0.6 is 0 Å². The summed E-state index contributed by atoms with van der Waals surface area (Å²) in [6, 6.07) is 14.3. The largest absolute Gasteiger partial charge is 0.396 e. The number of hydrogen-bond acceptors (Lipinski definition) is 4. The van der Waals surface area contributed by atoms with Crippen LogP contribution in [0.25, 0.3) is 0 Å². The van der Waals surface area contributed by atoms with Crippen molar-refractivity contribution in [2.24, 2.45) is 0 Å². The van der Waals surface area contributed by atoms with E-state index in [1.165, 1.54) is 6.07 Å². The Morgan fingerprint density at radius 3 is 2.45 bits per heavy atom. The first-order chi connectivity index (χ1) is 9.70. The molecule has 5 heteroatoms.